The number of carbonyl (C=O) groups is 1. The van der Waals surface area contributed by atoms with Gasteiger partial charge < -0.3 is 5.11 Å². The molecule has 0 atom stereocenters. The highest BCUT2D eigenvalue weighted by Gasteiger charge is 2.19. The Balaban J connectivity index is 2.93. The Morgan fingerprint density at radius 1 is 1.27 bits per heavy atom. The number of carboxylic acids is 1. The Hall–Kier alpha value is -1.31. The summed E-state index contributed by atoms with van der Waals surface area (Å²) in [6.45, 7) is 6.53. The van der Waals surface area contributed by atoms with Gasteiger partial charge in [-0.2, -0.15) is 0 Å². The van der Waals surface area contributed by atoms with E-state index < -0.39 is 5.97 Å². The standard InChI is InChI=1S/C13H18O2/c1-4-9-13(2,3)11-7-5-10(6-8-11)12(14)15/h5-8H,4,9H2,1-3H3,(H,14,15). The summed E-state index contributed by atoms with van der Waals surface area (Å²) < 4.78 is 0. The highest BCUT2D eigenvalue weighted by molar-refractivity contribution is 5.87. The second-order valence-electron chi connectivity index (χ2n) is 4.52. The van der Waals surface area contributed by atoms with Crippen LogP contribution in [0.25, 0.3) is 0 Å². The van der Waals surface area contributed by atoms with Crippen molar-refractivity contribution in [2.45, 2.75) is 39.0 Å². The van der Waals surface area contributed by atoms with Crippen molar-refractivity contribution in [2.24, 2.45) is 0 Å². The van der Waals surface area contributed by atoms with Crippen LogP contribution in [0.1, 0.15) is 49.5 Å². The summed E-state index contributed by atoms with van der Waals surface area (Å²) in [5, 5.41) is 8.78. The number of aromatic carboxylic acids is 1. The maximum atomic E-state index is 10.7. The molecule has 1 aromatic carbocycles. The van der Waals surface area contributed by atoms with Crippen molar-refractivity contribution < 1.29 is 9.90 Å². The van der Waals surface area contributed by atoms with Gasteiger partial charge in [0.15, 0.2) is 0 Å². The van der Waals surface area contributed by atoms with E-state index in [1.54, 1.807) is 12.1 Å². The quantitative estimate of drug-likeness (QED) is 0.819. The third-order valence-electron chi connectivity index (χ3n) is 2.79. The molecule has 2 heteroatoms. The molecule has 1 aromatic rings. The first-order chi connectivity index (χ1) is 6.97. The summed E-state index contributed by atoms with van der Waals surface area (Å²) in [6.07, 6.45) is 2.24. The third kappa shape index (κ3) is 2.82. The molecule has 0 aliphatic carbocycles. The van der Waals surface area contributed by atoms with Crippen LogP contribution in [0.2, 0.25) is 0 Å². The highest BCUT2D eigenvalue weighted by Crippen LogP contribution is 2.28. The molecule has 2 nitrogen and oxygen atoms in total. The first-order valence-electron chi connectivity index (χ1n) is 5.31. The normalized spacial score (nSPS) is 11.4. The first-order valence-corrected chi connectivity index (χ1v) is 5.31. The van der Waals surface area contributed by atoms with Crippen LogP contribution in [0.3, 0.4) is 0 Å². The van der Waals surface area contributed by atoms with Crippen molar-refractivity contribution in [1.82, 2.24) is 0 Å². The molecule has 0 saturated heterocycles. The van der Waals surface area contributed by atoms with Gasteiger partial charge in [0.1, 0.15) is 0 Å². The minimum atomic E-state index is -0.866. The molecule has 1 N–H and O–H groups in total. The van der Waals surface area contributed by atoms with Gasteiger partial charge >= 0.3 is 5.97 Å². The fourth-order valence-electron chi connectivity index (χ4n) is 1.83. The van der Waals surface area contributed by atoms with E-state index in [0.717, 1.165) is 12.8 Å². The van der Waals surface area contributed by atoms with Gasteiger partial charge in [-0.1, -0.05) is 39.3 Å². The molecule has 1 rings (SSSR count). The van der Waals surface area contributed by atoms with Crippen molar-refractivity contribution in [3.63, 3.8) is 0 Å². The predicted molar refractivity (Wildman–Crippen MR) is 61.3 cm³/mol. The number of benzene rings is 1. The van der Waals surface area contributed by atoms with E-state index in [1.807, 2.05) is 12.1 Å². The Morgan fingerprint density at radius 3 is 2.20 bits per heavy atom. The topological polar surface area (TPSA) is 37.3 Å². The molecule has 0 amide bonds. The van der Waals surface area contributed by atoms with E-state index >= 15 is 0 Å². The molecule has 0 aliphatic heterocycles. The number of carboxylic acid groups (broad SMARTS) is 1. The first kappa shape index (κ1) is 11.8. The van der Waals surface area contributed by atoms with E-state index in [2.05, 4.69) is 20.8 Å². The molecule has 0 aliphatic rings. The molecule has 15 heavy (non-hydrogen) atoms. The zero-order valence-corrected chi connectivity index (χ0v) is 9.58. The second-order valence-corrected chi connectivity index (χ2v) is 4.52. The maximum absolute atomic E-state index is 10.7. The second kappa shape index (κ2) is 4.47. The Labute approximate surface area is 90.9 Å². The van der Waals surface area contributed by atoms with Crippen LogP contribution >= 0.6 is 0 Å². The Bertz CT molecular complexity index is 336. The summed E-state index contributed by atoms with van der Waals surface area (Å²) in [4.78, 5) is 10.7. The molecule has 82 valence electrons. The average Bonchev–Trinajstić information content (AvgIpc) is 2.18. The summed E-state index contributed by atoms with van der Waals surface area (Å²) in [5.41, 5.74) is 1.69. The molecule has 0 radical (unpaired) electrons. The molecular weight excluding hydrogens is 188 g/mol. The van der Waals surface area contributed by atoms with Gasteiger partial charge in [0.2, 0.25) is 0 Å². The Kier molecular flexibility index (Phi) is 3.51. The van der Waals surface area contributed by atoms with Crippen LogP contribution in [-0.2, 0) is 5.41 Å². The van der Waals surface area contributed by atoms with Crippen LogP contribution in [-0.4, -0.2) is 11.1 Å². The van der Waals surface area contributed by atoms with Gasteiger partial charge in [-0.25, -0.2) is 4.79 Å². The fourth-order valence-corrected chi connectivity index (χ4v) is 1.83. The lowest BCUT2D eigenvalue weighted by atomic mass is 9.80. The number of rotatable bonds is 4. The zero-order chi connectivity index (χ0) is 11.5. The van der Waals surface area contributed by atoms with E-state index in [-0.39, 0.29) is 5.41 Å². The lowest BCUT2D eigenvalue weighted by molar-refractivity contribution is 0.0697. The zero-order valence-electron chi connectivity index (χ0n) is 9.58. The van der Waals surface area contributed by atoms with Crippen molar-refractivity contribution in [1.29, 1.82) is 0 Å². The van der Waals surface area contributed by atoms with Gasteiger partial charge in [-0.3, -0.25) is 0 Å². The summed E-state index contributed by atoms with van der Waals surface area (Å²) in [6, 6.07) is 7.18. The van der Waals surface area contributed by atoms with Crippen LogP contribution in [0.5, 0.6) is 0 Å². The third-order valence-corrected chi connectivity index (χ3v) is 2.79. The molecule has 0 saturated carbocycles. The largest absolute Gasteiger partial charge is 0.478 e. The number of hydrogen-bond donors (Lipinski definition) is 1. The molecule has 0 unspecified atom stereocenters. The van der Waals surface area contributed by atoms with Crippen LogP contribution in [0.4, 0.5) is 0 Å². The van der Waals surface area contributed by atoms with Crippen molar-refractivity contribution in [3.05, 3.63) is 35.4 Å². The average molecular weight is 206 g/mol. The minimum absolute atomic E-state index is 0.131. The van der Waals surface area contributed by atoms with Gasteiger partial charge in [0, 0.05) is 0 Å². The molecule has 0 fully saturated rings. The SMILES string of the molecule is CCCC(C)(C)c1ccc(C(=O)O)cc1. The van der Waals surface area contributed by atoms with Crippen LogP contribution in [0, 0.1) is 0 Å². The predicted octanol–water partition coefficient (Wildman–Crippen LogP) is 3.46. The maximum Gasteiger partial charge on any atom is 0.335 e. The molecule has 0 heterocycles. The highest BCUT2D eigenvalue weighted by atomic mass is 16.4. The van der Waals surface area contributed by atoms with Gasteiger partial charge in [0.05, 0.1) is 5.56 Å². The fraction of sp³-hybridized carbons (Fsp3) is 0.462. The Morgan fingerprint density at radius 2 is 1.80 bits per heavy atom. The molecule has 0 spiro atoms. The summed E-state index contributed by atoms with van der Waals surface area (Å²) >= 11 is 0. The monoisotopic (exact) mass is 206 g/mol. The van der Waals surface area contributed by atoms with E-state index in [9.17, 15) is 4.79 Å². The van der Waals surface area contributed by atoms with Gasteiger partial charge in [-0.15, -0.1) is 0 Å². The lowest BCUT2D eigenvalue weighted by Gasteiger charge is -2.24. The van der Waals surface area contributed by atoms with E-state index in [0.29, 0.717) is 5.56 Å². The van der Waals surface area contributed by atoms with Crippen LogP contribution in [0.15, 0.2) is 24.3 Å². The summed E-state index contributed by atoms with van der Waals surface area (Å²) in [7, 11) is 0. The summed E-state index contributed by atoms with van der Waals surface area (Å²) in [5.74, 6) is -0.866. The van der Waals surface area contributed by atoms with E-state index in [4.69, 9.17) is 5.11 Å². The molecular formula is C13H18O2. The van der Waals surface area contributed by atoms with Gasteiger partial charge in [-0.05, 0) is 29.5 Å². The van der Waals surface area contributed by atoms with Crippen LogP contribution < -0.4 is 0 Å². The minimum Gasteiger partial charge on any atom is -0.478 e. The van der Waals surface area contributed by atoms with Crippen molar-refractivity contribution >= 4 is 5.97 Å². The van der Waals surface area contributed by atoms with Crippen molar-refractivity contribution in [2.75, 3.05) is 0 Å². The lowest BCUT2D eigenvalue weighted by Crippen LogP contribution is -2.16. The van der Waals surface area contributed by atoms with E-state index in [1.165, 1.54) is 5.56 Å². The molecule has 0 bridgehead atoms. The van der Waals surface area contributed by atoms with Gasteiger partial charge in [0.25, 0.3) is 0 Å². The van der Waals surface area contributed by atoms with Crippen molar-refractivity contribution in [3.8, 4) is 0 Å². The number of hydrogen-bond acceptors (Lipinski definition) is 1. The smallest absolute Gasteiger partial charge is 0.335 e. The molecule has 0 aromatic heterocycles.